The molecular formula is C13H27N2OP. The van der Waals surface area contributed by atoms with Crippen LogP contribution in [0.3, 0.4) is 0 Å². The fourth-order valence-electron chi connectivity index (χ4n) is 4.28. The molecule has 17 heavy (non-hydrogen) atoms. The number of hydrogen-bond acceptors (Lipinski definition) is 3. The Balaban J connectivity index is 1.85. The topological polar surface area (TPSA) is 15.7 Å². The van der Waals surface area contributed by atoms with E-state index in [1.165, 1.54) is 38.5 Å². The van der Waals surface area contributed by atoms with Crippen LogP contribution < -0.4 is 0 Å². The summed E-state index contributed by atoms with van der Waals surface area (Å²) in [7, 11) is -1.65. The first-order valence-electron chi connectivity index (χ1n) is 7.42. The molecule has 3 aliphatic rings. The number of hydrogen-bond donors (Lipinski definition) is 0. The van der Waals surface area contributed by atoms with E-state index in [1.807, 2.05) is 0 Å². The minimum absolute atomic E-state index is 0.726. The van der Waals surface area contributed by atoms with Gasteiger partial charge in [-0.1, -0.05) is 0 Å². The van der Waals surface area contributed by atoms with E-state index >= 15 is 0 Å². The van der Waals surface area contributed by atoms with Gasteiger partial charge in [0.2, 0.25) is 0 Å². The predicted octanol–water partition coefficient (Wildman–Crippen LogP) is 2.73. The average molecular weight is 258 g/mol. The van der Waals surface area contributed by atoms with Gasteiger partial charge < -0.3 is 0 Å². The first-order chi connectivity index (χ1) is 8.25. The number of fused-ring (bicyclic) bond motifs is 1. The van der Waals surface area contributed by atoms with Crippen LogP contribution in [0.5, 0.6) is 0 Å². The third-order valence-electron chi connectivity index (χ3n) is 5.16. The van der Waals surface area contributed by atoms with Crippen LogP contribution in [0.1, 0.15) is 40.0 Å². The summed E-state index contributed by atoms with van der Waals surface area (Å²) in [5.41, 5.74) is 0. The second-order valence-electron chi connectivity index (χ2n) is 5.96. The Morgan fingerprint density at radius 2 is 2.00 bits per heavy atom. The Hall–Kier alpha value is 0.310. The van der Waals surface area contributed by atoms with E-state index in [4.69, 9.17) is 4.52 Å². The van der Waals surface area contributed by atoms with E-state index < -0.39 is 7.79 Å². The summed E-state index contributed by atoms with van der Waals surface area (Å²) in [6, 6.07) is 1.49. The van der Waals surface area contributed by atoms with Crippen LogP contribution in [0.2, 0.25) is 0 Å². The van der Waals surface area contributed by atoms with Crippen LogP contribution in [-0.2, 0) is 4.52 Å². The van der Waals surface area contributed by atoms with Gasteiger partial charge in [-0.05, 0) is 0 Å². The molecule has 0 saturated carbocycles. The molecule has 3 aliphatic heterocycles. The molecule has 3 saturated heterocycles. The van der Waals surface area contributed by atoms with Gasteiger partial charge in [0.05, 0.1) is 0 Å². The average Bonchev–Trinajstić information content (AvgIpc) is 2.96. The second-order valence-corrected chi connectivity index (χ2v) is 9.29. The fraction of sp³-hybridized carbons (Fsp3) is 1.00. The van der Waals surface area contributed by atoms with Crippen LogP contribution in [0, 0.1) is 5.92 Å². The zero-order chi connectivity index (χ0) is 12.0. The van der Waals surface area contributed by atoms with Gasteiger partial charge in [0.15, 0.2) is 0 Å². The fourth-order valence-corrected chi connectivity index (χ4v) is 9.85. The van der Waals surface area contributed by atoms with Gasteiger partial charge in [-0.25, -0.2) is 0 Å². The van der Waals surface area contributed by atoms with E-state index in [1.54, 1.807) is 0 Å². The molecular weight excluding hydrogens is 231 g/mol. The minimum atomic E-state index is -1.65. The van der Waals surface area contributed by atoms with Crippen molar-refractivity contribution in [3.63, 3.8) is 0 Å². The molecule has 0 amide bonds. The van der Waals surface area contributed by atoms with E-state index in [0.717, 1.165) is 24.6 Å². The van der Waals surface area contributed by atoms with Crippen molar-refractivity contribution in [3.05, 3.63) is 0 Å². The molecule has 2 unspecified atom stereocenters. The van der Waals surface area contributed by atoms with Gasteiger partial charge in [-0.3, -0.25) is 0 Å². The van der Waals surface area contributed by atoms with Gasteiger partial charge in [-0.15, -0.1) is 0 Å². The normalized spacial score (nSPS) is 37.9. The van der Waals surface area contributed by atoms with Crippen molar-refractivity contribution in [3.8, 4) is 0 Å². The van der Waals surface area contributed by atoms with Crippen molar-refractivity contribution < 1.29 is 4.52 Å². The van der Waals surface area contributed by atoms with Crippen LogP contribution in [0.4, 0.5) is 0 Å². The number of nitrogens with zero attached hydrogens (tertiary/aromatic N) is 2. The van der Waals surface area contributed by atoms with Crippen molar-refractivity contribution in [1.82, 2.24) is 9.34 Å². The Morgan fingerprint density at radius 3 is 2.65 bits per heavy atom. The van der Waals surface area contributed by atoms with E-state index in [2.05, 4.69) is 30.1 Å². The molecule has 3 fully saturated rings. The second kappa shape index (κ2) is 4.45. The molecule has 2 atom stereocenters. The Labute approximate surface area is 106 Å². The maximum absolute atomic E-state index is 6.45. The molecule has 3 heterocycles. The molecule has 0 aromatic heterocycles. The van der Waals surface area contributed by atoms with Crippen molar-refractivity contribution in [2.45, 2.75) is 52.1 Å². The Morgan fingerprint density at radius 1 is 1.24 bits per heavy atom. The van der Waals surface area contributed by atoms with E-state index in [-0.39, 0.29) is 0 Å². The van der Waals surface area contributed by atoms with Crippen LogP contribution in [0.25, 0.3) is 0 Å². The molecule has 0 radical (unpaired) electrons. The monoisotopic (exact) mass is 258 g/mol. The molecule has 0 aromatic rings. The molecule has 2 bridgehead atoms. The van der Waals surface area contributed by atoms with Crippen molar-refractivity contribution in [2.75, 3.05) is 25.9 Å². The van der Waals surface area contributed by atoms with Crippen LogP contribution >= 0.6 is 7.79 Å². The van der Waals surface area contributed by atoms with Crippen molar-refractivity contribution >= 4 is 7.79 Å². The molecule has 3 nitrogen and oxygen atoms in total. The van der Waals surface area contributed by atoms with Crippen LogP contribution in [-0.4, -0.2) is 47.3 Å². The molecule has 3 rings (SSSR count). The SMILES string of the molecule is CCC(CC)N1CC2CN3C(CC)CO[PH]13C2. The number of rotatable bonds is 4. The molecule has 0 aliphatic carbocycles. The molecule has 0 N–H and O–H groups in total. The third kappa shape index (κ3) is 1.63. The summed E-state index contributed by atoms with van der Waals surface area (Å²) < 4.78 is 12.1. The summed E-state index contributed by atoms with van der Waals surface area (Å²) in [5.74, 6) is 0.914. The summed E-state index contributed by atoms with van der Waals surface area (Å²) >= 11 is 0. The summed E-state index contributed by atoms with van der Waals surface area (Å²) in [6.07, 6.45) is 5.22. The molecule has 0 aromatic carbocycles. The van der Waals surface area contributed by atoms with Gasteiger partial charge >= 0.3 is 106 Å². The van der Waals surface area contributed by atoms with Crippen molar-refractivity contribution in [2.24, 2.45) is 5.92 Å². The van der Waals surface area contributed by atoms with Gasteiger partial charge in [0, 0.05) is 0 Å². The summed E-state index contributed by atoms with van der Waals surface area (Å²) in [6.45, 7) is 10.7. The van der Waals surface area contributed by atoms with E-state index in [0.29, 0.717) is 0 Å². The quantitative estimate of drug-likeness (QED) is 0.721. The molecule has 4 heteroatoms. The first-order valence-corrected chi connectivity index (χ1v) is 9.43. The maximum atomic E-state index is 6.45. The molecule has 100 valence electrons. The standard InChI is InChI=1S/C13H27N2OP/c1-4-12(5-2)14-7-11-8-15-13(6-3)9-16-17(14,15)10-11/h11-13,17H,4-10H2,1-3H3. The van der Waals surface area contributed by atoms with Gasteiger partial charge in [0.1, 0.15) is 0 Å². The summed E-state index contributed by atoms with van der Waals surface area (Å²) in [4.78, 5) is 0. The predicted molar refractivity (Wildman–Crippen MR) is 74.5 cm³/mol. The zero-order valence-electron chi connectivity index (χ0n) is 11.5. The van der Waals surface area contributed by atoms with Crippen molar-refractivity contribution in [1.29, 1.82) is 0 Å². The third-order valence-corrected chi connectivity index (χ3v) is 9.79. The molecule has 1 spiro atoms. The van der Waals surface area contributed by atoms with E-state index in [9.17, 15) is 0 Å². The Kier molecular flexibility index (Phi) is 3.23. The van der Waals surface area contributed by atoms with Gasteiger partial charge in [0.25, 0.3) is 0 Å². The first kappa shape index (κ1) is 12.3. The van der Waals surface area contributed by atoms with Crippen LogP contribution in [0.15, 0.2) is 0 Å². The Bertz CT molecular complexity index is 297. The zero-order valence-corrected chi connectivity index (χ0v) is 12.5. The van der Waals surface area contributed by atoms with Gasteiger partial charge in [-0.2, -0.15) is 0 Å². The summed E-state index contributed by atoms with van der Waals surface area (Å²) in [5, 5.41) is 0.